The van der Waals surface area contributed by atoms with Crippen molar-refractivity contribution in [1.29, 1.82) is 0 Å². The van der Waals surface area contributed by atoms with Gasteiger partial charge in [0, 0.05) is 18.4 Å². The van der Waals surface area contributed by atoms with Crippen LogP contribution in [-0.2, 0) is 9.53 Å². The van der Waals surface area contributed by atoms with E-state index in [0.29, 0.717) is 30.1 Å². The van der Waals surface area contributed by atoms with Crippen molar-refractivity contribution in [3.63, 3.8) is 0 Å². The van der Waals surface area contributed by atoms with Crippen molar-refractivity contribution < 1.29 is 14.7 Å². The Morgan fingerprint density at radius 3 is 3.00 bits per heavy atom. The van der Waals surface area contributed by atoms with E-state index in [1.54, 1.807) is 0 Å². The molecule has 70 valence electrons. The van der Waals surface area contributed by atoms with Crippen molar-refractivity contribution in [2.45, 2.75) is 26.2 Å². The second-order valence-corrected chi connectivity index (χ2v) is 3.61. The summed E-state index contributed by atoms with van der Waals surface area (Å²) in [4.78, 5) is 11.5. The molecule has 0 aromatic carbocycles. The van der Waals surface area contributed by atoms with E-state index in [4.69, 9.17) is 9.94 Å². The van der Waals surface area contributed by atoms with Crippen LogP contribution in [0.1, 0.15) is 26.2 Å². The van der Waals surface area contributed by atoms with Crippen LogP contribution in [0.25, 0.3) is 0 Å². The first-order valence-electron chi connectivity index (χ1n) is 4.34. The average Bonchev–Trinajstić information content (AvgIpc) is 2.47. The van der Waals surface area contributed by atoms with Gasteiger partial charge in [-0.15, -0.1) is 0 Å². The quantitative estimate of drug-likeness (QED) is 0.454. The fraction of sp³-hybridized carbons (Fsp3) is 0.556. The molecule has 1 unspecified atom stereocenters. The van der Waals surface area contributed by atoms with Crippen LogP contribution < -0.4 is 0 Å². The largest absolute Gasteiger partial charge is 0.443 e. The second-order valence-electron chi connectivity index (χ2n) is 3.61. The van der Waals surface area contributed by atoms with Crippen LogP contribution in [0.2, 0.25) is 0 Å². The summed E-state index contributed by atoms with van der Waals surface area (Å²) in [5.41, 5.74) is 0.700. The van der Waals surface area contributed by atoms with Gasteiger partial charge in [-0.1, -0.05) is 12.1 Å². The lowest BCUT2D eigenvalue weighted by Crippen LogP contribution is -2.14. The third kappa shape index (κ3) is 1.32. The van der Waals surface area contributed by atoms with Crippen molar-refractivity contribution in [2.75, 3.05) is 0 Å². The SMILES string of the molecule is CC1CC(=O)C2=C(C1)O/C(=N\O)C2. The number of allylic oxidation sites excluding steroid dienone is 1. The molecule has 1 heterocycles. The zero-order valence-electron chi connectivity index (χ0n) is 7.41. The van der Waals surface area contributed by atoms with E-state index in [9.17, 15) is 4.79 Å². The number of ketones is 1. The lowest BCUT2D eigenvalue weighted by atomic mass is 9.88. The van der Waals surface area contributed by atoms with E-state index in [-0.39, 0.29) is 11.7 Å². The summed E-state index contributed by atoms with van der Waals surface area (Å²) in [6.45, 7) is 2.01. The normalized spacial score (nSPS) is 30.7. The molecule has 0 radical (unpaired) electrons. The fourth-order valence-electron chi connectivity index (χ4n) is 1.79. The van der Waals surface area contributed by atoms with Crippen molar-refractivity contribution in [3.05, 3.63) is 11.3 Å². The number of rotatable bonds is 0. The molecule has 0 saturated heterocycles. The van der Waals surface area contributed by atoms with E-state index < -0.39 is 0 Å². The number of carbonyl (C=O) groups is 1. The van der Waals surface area contributed by atoms with Gasteiger partial charge in [-0.2, -0.15) is 0 Å². The molecule has 1 N–H and O–H groups in total. The van der Waals surface area contributed by atoms with Gasteiger partial charge in [-0.05, 0) is 5.92 Å². The standard InChI is InChI=1S/C9H11NO3/c1-5-2-7(11)6-4-9(10-12)13-8(6)3-5/h5,12H,2-4H2,1H3/b10-9-. The fourth-order valence-corrected chi connectivity index (χ4v) is 1.79. The Labute approximate surface area is 75.9 Å². The first kappa shape index (κ1) is 8.29. The number of hydrogen-bond donors (Lipinski definition) is 1. The first-order valence-corrected chi connectivity index (χ1v) is 4.34. The van der Waals surface area contributed by atoms with Crippen LogP contribution in [0, 0.1) is 5.92 Å². The van der Waals surface area contributed by atoms with Gasteiger partial charge in [-0.25, -0.2) is 0 Å². The molecular weight excluding hydrogens is 170 g/mol. The van der Waals surface area contributed by atoms with Crippen molar-refractivity contribution >= 4 is 11.7 Å². The Kier molecular flexibility index (Phi) is 1.83. The molecule has 2 rings (SSSR count). The van der Waals surface area contributed by atoms with Crippen molar-refractivity contribution in [2.24, 2.45) is 11.1 Å². The van der Waals surface area contributed by atoms with Gasteiger partial charge >= 0.3 is 0 Å². The maximum Gasteiger partial charge on any atom is 0.235 e. The minimum Gasteiger partial charge on any atom is -0.443 e. The molecule has 4 nitrogen and oxygen atoms in total. The van der Waals surface area contributed by atoms with Crippen LogP contribution >= 0.6 is 0 Å². The molecular formula is C9H11NO3. The third-order valence-corrected chi connectivity index (χ3v) is 2.42. The van der Waals surface area contributed by atoms with Crippen LogP contribution in [0.3, 0.4) is 0 Å². The van der Waals surface area contributed by atoms with Gasteiger partial charge in [0.15, 0.2) is 5.78 Å². The Balaban J connectivity index is 2.26. The van der Waals surface area contributed by atoms with Crippen LogP contribution in [0.4, 0.5) is 0 Å². The smallest absolute Gasteiger partial charge is 0.235 e. The Morgan fingerprint density at radius 1 is 1.54 bits per heavy atom. The molecule has 2 aliphatic rings. The molecule has 0 saturated carbocycles. The van der Waals surface area contributed by atoms with Crippen LogP contribution in [-0.4, -0.2) is 16.9 Å². The van der Waals surface area contributed by atoms with Crippen LogP contribution in [0.15, 0.2) is 16.5 Å². The number of Topliss-reactive ketones (excluding diaryl/α,β-unsaturated/α-hetero) is 1. The van der Waals surface area contributed by atoms with Gasteiger partial charge in [0.2, 0.25) is 5.90 Å². The maximum absolute atomic E-state index is 11.5. The summed E-state index contributed by atoms with van der Waals surface area (Å²) < 4.78 is 5.21. The minimum atomic E-state index is 0.132. The predicted molar refractivity (Wildman–Crippen MR) is 45.4 cm³/mol. The summed E-state index contributed by atoms with van der Waals surface area (Å²) in [7, 11) is 0. The maximum atomic E-state index is 11.5. The van der Waals surface area contributed by atoms with Crippen molar-refractivity contribution in [1.82, 2.24) is 0 Å². The Morgan fingerprint density at radius 2 is 2.31 bits per heavy atom. The highest BCUT2D eigenvalue weighted by Crippen LogP contribution is 2.34. The molecule has 4 heteroatoms. The number of oxime groups is 1. The highest BCUT2D eigenvalue weighted by molar-refractivity contribution is 6.03. The van der Waals surface area contributed by atoms with E-state index >= 15 is 0 Å². The van der Waals surface area contributed by atoms with E-state index in [0.717, 1.165) is 6.42 Å². The lowest BCUT2D eigenvalue weighted by molar-refractivity contribution is -0.117. The van der Waals surface area contributed by atoms with Gasteiger partial charge in [-0.3, -0.25) is 4.79 Å². The predicted octanol–water partition coefficient (Wildman–Crippen LogP) is 1.45. The number of carbonyl (C=O) groups excluding carboxylic acids is 1. The van der Waals surface area contributed by atoms with Gasteiger partial charge < -0.3 is 9.94 Å². The summed E-state index contributed by atoms with van der Waals surface area (Å²) in [5.74, 6) is 1.42. The highest BCUT2D eigenvalue weighted by atomic mass is 16.5. The Hall–Kier alpha value is -1.32. The molecule has 0 spiro atoms. The van der Waals surface area contributed by atoms with E-state index in [1.165, 1.54) is 0 Å². The zero-order valence-corrected chi connectivity index (χ0v) is 7.41. The lowest BCUT2D eigenvalue weighted by Gasteiger charge is -2.16. The molecule has 0 aromatic heterocycles. The topological polar surface area (TPSA) is 58.9 Å². The number of hydrogen-bond acceptors (Lipinski definition) is 4. The molecule has 0 aromatic rings. The summed E-state index contributed by atoms with van der Waals surface area (Å²) >= 11 is 0. The monoisotopic (exact) mass is 181 g/mol. The number of nitrogens with zero attached hydrogens (tertiary/aromatic N) is 1. The van der Waals surface area contributed by atoms with Crippen LogP contribution in [0.5, 0.6) is 0 Å². The molecule has 0 fully saturated rings. The molecule has 1 aliphatic heterocycles. The zero-order chi connectivity index (χ0) is 9.42. The van der Waals surface area contributed by atoms with Gasteiger partial charge in [0.25, 0.3) is 0 Å². The Bertz CT molecular complexity index is 317. The summed E-state index contributed by atoms with van der Waals surface area (Å²) in [6, 6.07) is 0. The average molecular weight is 181 g/mol. The highest BCUT2D eigenvalue weighted by Gasteiger charge is 2.33. The molecule has 0 bridgehead atoms. The third-order valence-electron chi connectivity index (χ3n) is 2.42. The van der Waals surface area contributed by atoms with E-state index in [2.05, 4.69) is 5.16 Å². The summed E-state index contributed by atoms with van der Waals surface area (Å²) in [6.07, 6.45) is 1.72. The molecule has 13 heavy (non-hydrogen) atoms. The molecule has 1 atom stereocenters. The minimum absolute atomic E-state index is 0.132. The van der Waals surface area contributed by atoms with Crippen molar-refractivity contribution in [3.8, 4) is 0 Å². The molecule has 0 amide bonds. The van der Waals surface area contributed by atoms with E-state index in [1.807, 2.05) is 6.92 Å². The number of ether oxygens (including phenoxy) is 1. The first-order chi connectivity index (χ1) is 6.20. The summed E-state index contributed by atoms with van der Waals surface area (Å²) in [5, 5.41) is 11.5. The molecule has 1 aliphatic carbocycles. The van der Waals surface area contributed by atoms with Gasteiger partial charge in [0.05, 0.1) is 6.42 Å². The van der Waals surface area contributed by atoms with Gasteiger partial charge in [0.1, 0.15) is 5.76 Å². The second kappa shape index (κ2) is 2.87.